The minimum atomic E-state index is 0.0742. The van der Waals surface area contributed by atoms with Gasteiger partial charge in [0.15, 0.2) is 5.78 Å². The molecule has 0 unspecified atom stereocenters. The van der Waals surface area contributed by atoms with Crippen LogP contribution in [-0.2, 0) is 13.0 Å². The van der Waals surface area contributed by atoms with Crippen LogP contribution in [0.4, 0.5) is 0 Å². The van der Waals surface area contributed by atoms with Crippen molar-refractivity contribution in [3.63, 3.8) is 0 Å². The van der Waals surface area contributed by atoms with Crippen LogP contribution in [0.3, 0.4) is 0 Å². The summed E-state index contributed by atoms with van der Waals surface area (Å²) in [6.07, 6.45) is 0.451. The Morgan fingerprint density at radius 2 is 1.81 bits per heavy atom. The van der Waals surface area contributed by atoms with Crippen LogP contribution in [0.15, 0.2) is 48.5 Å². The Labute approximate surface area is 125 Å². The number of carbonyl (C=O) groups excluding carboxylic acids is 1. The molecule has 0 saturated heterocycles. The average Bonchev–Trinajstić information content (AvgIpc) is 2.47. The van der Waals surface area contributed by atoms with Gasteiger partial charge in [0, 0.05) is 18.5 Å². The van der Waals surface area contributed by atoms with E-state index in [0.717, 1.165) is 16.9 Å². The van der Waals surface area contributed by atoms with Gasteiger partial charge in [0.05, 0.1) is 6.10 Å². The van der Waals surface area contributed by atoms with E-state index in [-0.39, 0.29) is 11.9 Å². The van der Waals surface area contributed by atoms with Crippen LogP contribution in [0.25, 0.3) is 0 Å². The lowest BCUT2D eigenvalue weighted by molar-refractivity contribution is 0.0992. The average molecular weight is 283 g/mol. The molecule has 0 aliphatic carbocycles. The number of hydrogen-bond donors (Lipinski definition) is 1. The van der Waals surface area contributed by atoms with Crippen LogP contribution in [0.2, 0.25) is 0 Å². The molecule has 0 fully saturated rings. The standard InChI is InChI=1S/C18H21NO2/c1-13(2)21-17-9-5-8-15(10-17)18(20)11-14-6-3-4-7-16(14)12-19/h3-10,13H,11-12,19H2,1-2H3. The largest absolute Gasteiger partial charge is 0.491 e. The van der Waals surface area contributed by atoms with E-state index < -0.39 is 0 Å². The number of ketones is 1. The second kappa shape index (κ2) is 7.04. The first-order chi connectivity index (χ1) is 10.1. The van der Waals surface area contributed by atoms with Crippen molar-refractivity contribution in [2.75, 3.05) is 0 Å². The van der Waals surface area contributed by atoms with Gasteiger partial charge >= 0.3 is 0 Å². The summed E-state index contributed by atoms with van der Waals surface area (Å²) in [5.74, 6) is 0.799. The highest BCUT2D eigenvalue weighted by molar-refractivity contribution is 5.98. The summed E-state index contributed by atoms with van der Waals surface area (Å²) in [4.78, 5) is 12.4. The van der Waals surface area contributed by atoms with Gasteiger partial charge in [-0.15, -0.1) is 0 Å². The summed E-state index contributed by atoms with van der Waals surface area (Å²) < 4.78 is 5.63. The Balaban J connectivity index is 2.16. The van der Waals surface area contributed by atoms with Gasteiger partial charge in [-0.25, -0.2) is 0 Å². The number of nitrogens with two attached hydrogens (primary N) is 1. The van der Waals surface area contributed by atoms with Crippen molar-refractivity contribution in [3.05, 3.63) is 65.2 Å². The molecule has 2 aromatic carbocycles. The van der Waals surface area contributed by atoms with E-state index in [1.165, 1.54) is 0 Å². The zero-order chi connectivity index (χ0) is 15.2. The molecule has 0 spiro atoms. The molecule has 3 nitrogen and oxygen atoms in total. The highest BCUT2D eigenvalue weighted by Crippen LogP contribution is 2.18. The molecule has 3 heteroatoms. The minimum absolute atomic E-state index is 0.0742. The second-order valence-electron chi connectivity index (χ2n) is 5.27. The number of rotatable bonds is 6. The Morgan fingerprint density at radius 1 is 1.10 bits per heavy atom. The SMILES string of the molecule is CC(C)Oc1cccc(C(=O)Cc2ccccc2CN)c1. The molecule has 2 N–H and O–H groups in total. The molecule has 110 valence electrons. The van der Waals surface area contributed by atoms with Crippen molar-refractivity contribution >= 4 is 5.78 Å². The van der Waals surface area contributed by atoms with Crippen molar-refractivity contribution in [3.8, 4) is 5.75 Å². The van der Waals surface area contributed by atoms with Crippen LogP contribution < -0.4 is 10.5 Å². The lowest BCUT2D eigenvalue weighted by atomic mass is 9.99. The maximum atomic E-state index is 12.4. The number of benzene rings is 2. The van der Waals surface area contributed by atoms with E-state index in [2.05, 4.69) is 0 Å². The predicted octanol–water partition coefficient (Wildman–Crippen LogP) is 3.36. The van der Waals surface area contributed by atoms with E-state index in [1.807, 2.05) is 56.3 Å². The fourth-order valence-electron chi connectivity index (χ4n) is 2.22. The van der Waals surface area contributed by atoms with Gasteiger partial charge in [0.2, 0.25) is 0 Å². The number of ether oxygens (including phenoxy) is 1. The smallest absolute Gasteiger partial charge is 0.167 e. The monoisotopic (exact) mass is 283 g/mol. The molecule has 0 aliphatic heterocycles. The molecule has 2 aromatic rings. The van der Waals surface area contributed by atoms with Crippen molar-refractivity contribution in [2.24, 2.45) is 5.73 Å². The quantitative estimate of drug-likeness (QED) is 0.827. The summed E-state index contributed by atoms with van der Waals surface area (Å²) in [5.41, 5.74) is 8.38. The fraction of sp³-hybridized carbons (Fsp3) is 0.278. The Hall–Kier alpha value is -2.13. The highest BCUT2D eigenvalue weighted by atomic mass is 16.5. The van der Waals surface area contributed by atoms with Crippen molar-refractivity contribution < 1.29 is 9.53 Å². The summed E-state index contributed by atoms with van der Waals surface area (Å²) in [6.45, 7) is 4.37. The van der Waals surface area contributed by atoms with Gasteiger partial charge in [-0.2, -0.15) is 0 Å². The van der Waals surface area contributed by atoms with Gasteiger partial charge in [-0.3, -0.25) is 4.79 Å². The first-order valence-corrected chi connectivity index (χ1v) is 7.17. The third-order valence-electron chi connectivity index (χ3n) is 3.22. The van der Waals surface area contributed by atoms with Crippen LogP contribution in [0.5, 0.6) is 5.75 Å². The van der Waals surface area contributed by atoms with E-state index >= 15 is 0 Å². The third kappa shape index (κ3) is 4.17. The topological polar surface area (TPSA) is 52.3 Å². The van der Waals surface area contributed by atoms with Crippen LogP contribution in [-0.4, -0.2) is 11.9 Å². The molecule has 0 heterocycles. The normalized spacial score (nSPS) is 10.7. The molecular weight excluding hydrogens is 262 g/mol. The zero-order valence-corrected chi connectivity index (χ0v) is 12.5. The van der Waals surface area contributed by atoms with Gasteiger partial charge < -0.3 is 10.5 Å². The predicted molar refractivity (Wildman–Crippen MR) is 84.6 cm³/mol. The van der Waals surface area contributed by atoms with Gasteiger partial charge in [0.1, 0.15) is 5.75 Å². The molecular formula is C18H21NO2. The Morgan fingerprint density at radius 3 is 2.48 bits per heavy atom. The number of hydrogen-bond acceptors (Lipinski definition) is 3. The molecule has 2 rings (SSSR count). The van der Waals surface area contributed by atoms with E-state index in [1.54, 1.807) is 6.07 Å². The molecule has 0 bridgehead atoms. The van der Waals surface area contributed by atoms with E-state index in [0.29, 0.717) is 18.5 Å². The van der Waals surface area contributed by atoms with E-state index in [9.17, 15) is 4.79 Å². The van der Waals surface area contributed by atoms with Crippen molar-refractivity contribution in [1.82, 2.24) is 0 Å². The second-order valence-corrected chi connectivity index (χ2v) is 5.27. The van der Waals surface area contributed by atoms with Gasteiger partial charge in [-0.05, 0) is 37.1 Å². The zero-order valence-electron chi connectivity index (χ0n) is 12.5. The van der Waals surface area contributed by atoms with Crippen molar-refractivity contribution in [2.45, 2.75) is 32.9 Å². The van der Waals surface area contributed by atoms with E-state index in [4.69, 9.17) is 10.5 Å². The van der Waals surface area contributed by atoms with Crippen LogP contribution in [0, 0.1) is 0 Å². The summed E-state index contributed by atoms with van der Waals surface area (Å²) in [6, 6.07) is 15.1. The summed E-state index contributed by atoms with van der Waals surface area (Å²) >= 11 is 0. The lowest BCUT2D eigenvalue weighted by Crippen LogP contribution is -2.09. The maximum Gasteiger partial charge on any atom is 0.167 e. The number of Topliss-reactive ketones (excluding diaryl/α,β-unsaturated/α-hetero) is 1. The molecule has 0 radical (unpaired) electrons. The Kier molecular flexibility index (Phi) is 5.12. The maximum absolute atomic E-state index is 12.4. The van der Waals surface area contributed by atoms with Crippen molar-refractivity contribution in [1.29, 1.82) is 0 Å². The molecule has 0 aliphatic rings. The molecule has 0 aromatic heterocycles. The first-order valence-electron chi connectivity index (χ1n) is 7.17. The highest BCUT2D eigenvalue weighted by Gasteiger charge is 2.10. The molecule has 0 amide bonds. The minimum Gasteiger partial charge on any atom is -0.491 e. The summed E-state index contributed by atoms with van der Waals surface area (Å²) in [7, 11) is 0. The molecule has 21 heavy (non-hydrogen) atoms. The van der Waals surface area contributed by atoms with Crippen LogP contribution in [0.1, 0.15) is 35.3 Å². The Bertz CT molecular complexity index is 620. The molecule has 0 atom stereocenters. The number of carbonyl (C=O) groups is 1. The lowest BCUT2D eigenvalue weighted by Gasteiger charge is -2.11. The third-order valence-corrected chi connectivity index (χ3v) is 3.22. The van der Waals surface area contributed by atoms with Gasteiger partial charge in [0.25, 0.3) is 0 Å². The van der Waals surface area contributed by atoms with Crippen LogP contribution >= 0.6 is 0 Å². The molecule has 0 saturated carbocycles. The first kappa shape index (κ1) is 15.3. The van der Waals surface area contributed by atoms with Gasteiger partial charge in [-0.1, -0.05) is 36.4 Å². The fourth-order valence-corrected chi connectivity index (χ4v) is 2.22. The summed E-state index contributed by atoms with van der Waals surface area (Å²) in [5, 5.41) is 0.